The number of hydrogen-bond acceptors (Lipinski definition) is 4. The Kier molecular flexibility index (Phi) is 6.00. The van der Waals surface area contributed by atoms with Crippen molar-refractivity contribution >= 4 is 15.9 Å². The first-order valence-electron chi connectivity index (χ1n) is 11.2. The minimum atomic E-state index is -3.64. The van der Waals surface area contributed by atoms with Crippen LogP contribution in [-0.2, 0) is 10.0 Å². The minimum absolute atomic E-state index is 0.183. The van der Waals surface area contributed by atoms with Gasteiger partial charge in [-0.2, -0.15) is 9.40 Å². The average molecular weight is 494 g/mol. The number of nitrogens with zero attached hydrogens (tertiary/aromatic N) is 5. The van der Waals surface area contributed by atoms with E-state index in [4.69, 9.17) is 0 Å². The molecule has 2 aromatic carbocycles. The van der Waals surface area contributed by atoms with E-state index in [0.29, 0.717) is 11.4 Å². The summed E-state index contributed by atoms with van der Waals surface area (Å²) in [6.07, 6.45) is 4.95. The molecule has 1 fully saturated rings. The Balaban J connectivity index is 1.40. The quantitative estimate of drug-likeness (QED) is 0.428. The zero-order valence-electron chi connectivity index (χ0n) is 19.1. The summed E-state index contributed by atoms with van der Waals surface area (Å²) >= 11 is 0. The van der Waals surface area contributed by atoms with Crippen LogP contribution in [0.1, 0.15) is 15.9 Å². The van der Waals surface area contributed by atoms with Crippen LogP contribution in [0.2, 0.25) is 0 Å². The Morgan fingerprint density at radius 3 is 2.23 bits per heavy atom. The van der Waals surface area contributed by atoms with Gasteiger partial charge in [0, 0.05) is 38.6 Å². The lowest BCUT2D eigenvalue weighted by atomic mass is 10.2. The summed E-state index contributed by atoms with van der Waals surface area (Å²) in [5.41, 5.74) is 1.51. The largest absolute Gasteiger partial charge is 0.336 e. The van der Waals surface area contributed by atoms with Crippen LogP contribution >= 0.6 is 0 Å². The molecule has 0 bridgehead atoms. The molecule has 3 heterocycles. The lowest BCUT2D eigenvalue weighted by Gasteiger charge is -2.34. The molecule has 2 aromatic heterocycles. The second-order valence-corrected chi connectivity index (χ2v) is 10.3. The highest BCUT2D eigenvalue weighted by atomic mass is 32.2. The molecule has 0 N–H and O–H groups in total. The third kappa shape index (κ3) is 4.26. The van der Waals surface area contributed by atoms with Gasteiger partial charge in [0.05, 0.1) is 11.1 Å². The number of sulfonamides is 1. The van der Waals surface area contributed by atoms with Crippen LogP contribution in [0, 0.1) is 12.7 Å². The number of piperazine rings is 1. The molecule has 180 valence electrons. The summed E-state index contributed by atoms with van der Waals surface area (Å²) in [7, 11) is -3.64. The van der Waals surface area contributed by atoms with E-state index in [1.165, 1.54) is 21.3 Å². The number of benzene rings is 2. The van der Waals surface area contributed by atoms with Gasteiger partial charge in [-0.3, -0.25) is 4.79 Å². The Morgan fingerprint density at radius 2 is 1.57 bits per heavy atom. The molecule has 1 saturated heterocycles. The van der Waals surface area contributed by atoms with Gasteiger partial charge in [-0.05, 0) is 43.3 Å². The molecule has 0 saturated carbocycles. The lowest BCUT2D eigenvalue weighted by Crippen LogP contribution is -2.50. The molecule has 35 heavy (non-hydrogen) atoms. The maximum absolute atomic E-state index is 14.6. The monoisotopic (exact) mass is 493 g/mol. The number of carbonyl (C=O) groups excluding carboxylic acids is 1. The molecule has 1 aliphatic heterocycles. The van der Waals surface area contributed by atoms with Crippen LogP contribution in [0.5, 0.6) is 0 Å². The van der Waals surface area contributed by atoms with E-state index in [-0.39, 0.29) is 42.7 Å². The van der Waals surface area contributed by atoms with Crippen LogP contribution in [0.3, 0.4) is 0 Å². The van der Waals surface area contributed by atoms with Crippen LogP contribution in [0.15, 0.2) is 84.1 Å². The zero-order valence-corrected chi connectivity index (χ0v) is 19.9. The molecule has 1 amide bonds. The maximum Gasteiger partial charge on any atom is 0.259 e. The van der Waals surface area contributed by atoms with Crippen molar-refractivity contribution in [2.75, 3.05) is 26.2 Å². The molecule has 10 heteroatoms. The second-order valence-electron chi connectivity index (χ2n) is 8.34. The molecular formula is C25H24FN5O3S. The highest BCUT2D eigenvalue weighted by Gasteiger charge is 2.32. The first-order valence-corrected chi connectivity index (χ1v) is 12.6. The van der Waals surface area contributed by atoms with E-state index in [2.05, 4.69) is 5.10 Å². The van der Waals surface area contributed by atoms with Gasteiger partial charge in [0.2, 0.25) is 10.0 Å². The fraction of sp³-hybridized carbons (Fsp3) is 0.200. The number of carbonyl (C=O) groups is 1. The minimum Gasteiger partial charge on any atom is -0.336 e. The van der Waals surface area contributed by atoms with Gasteiger partial charge in [-0.1, -0.05) is 29.8 Å². The molecule has 0 unspecified atom stereocenters. The van der Waals surface area contributed by atoms with Crippen LogP contribution in [0.4, 0.5) is 4.39 Å². The topological polar surface area (TPSA) is 80.4 Å². The van der Waals surface area contributed by atoms with Gasteiger partial charge in [0.15, 0.2) is 5.82 Å². The van der Waals surface area contributed by atoms with Crippen molar-refractivity contribution in [2.24, 2.45) is 0 Å². The Bertz CT molecular complexity index is 1460. The third-order valence-electron chi connectivity index (χ3n) is 6.09. The molecule has 8 nitrogen and oxygen atoms in total. The number of aromatic nitrogens is 3. The molecule has 5 rings (SSSR count). The lowest BCUT2D eigenvalue weighted by molar-refractivity contribution is 0.0698. The summed E-state index contributed by atoms with van der Waals surface area (Å²) in [5.74, 6) is -0.332. The van der Waals surface area contributed by atoms with Crippen molar-refractivity contribution in [3.63, 3.8) is 0 Å². The smallest absolute Gasteiger partial charge is 0.259 e. The summed E-state index contributed by atoms with van der Waals surface area (Å²) in [5, 5.41) is 4.32. The van der Waals surface area contributed by atoms with E-state index >= 15 is 0 Å². The van der Waals surface area contributed by atoms with Crippen LogP contribution in [-0.4, -0.2) is 64.1 Å². The Hall–Kier alpha value is -3.76. The van der Waals surface area contributed by atoms with Crippen molar-refractivity contribution < 1.29 is 17.6 Å². The van der Waals surface area contributed by atoms with E-state index in [1.54, 1.807) is 64.3 Å². The summed E-state index contributed by atoms with van der Waals surface area (Å²) in [6, 6.07) is 16.6. The molecule has 0 atom stereocenters. The molecule has 0 aliphatic carbocycles. The van der Waals surface area contributed by atoms with Crippen LogP contribution < -0.4 is 0 Å². The van der Waals surface area contributed by atoms with Crippen molar-refractivity contribution in [1.29, 1.82) is 0 Å². The summed E-state index contributed by atoms with van der Waals surface area (Å²) in [4.78, 5) is 15.4. The second kappa shape index (κ2) is 9.12. The number of halogens is 1. The highest BCUT2D eigenvalue weighted by molar-refractivity contribution is 7.89. The number of amides is 1. The number of rotatable bonds is 5. The number of para-hydroxylation sites is 1. The Morgan fingerprint density at radius 1 is 0.914 bits per heavy atom. The van der Waals surface area contributed by atoms with Crippen LogP contribution in [0.25, 0.3) is 11.5 Å². The van der Waals surface area contributed by atoms with Crippen molar-refractivity contribution in [3.8, 4) is 11.5 Å². The van der Waals surface area contributed by atoms with Gasteiger partial charge >= 0.3 is 0 Å². The average Bonchev–Trinajstić information content (AvgIpc) is 3.54. The summed E-state index contributed by atoms with van der Waals surface area (Å²) < 4.78 is 45.1. The Labute approximate surface area is 202 Å². The summed E-state index contributed by atoms with van der Waals surface area (Å²) in [6.45, 7) is 2.74. The normalized spacial score (nSPS) is 14.9. The molecule has 0 spiro atoms. The molecular weight excluding hydrogens is 469 g/mol. The predicted octanol–water partition coefficient (Wildman–Crippen LogP) is 3.26. The van der Waals surface area contributed by atoms with Crippen molar-refractivity contribution in [3.05, 3.63) is 96.2 Å². The third-order valence-corrected chi connectivity index (χ3v) is 8.00. The molecule has 4 aromatic rings. The van der Waals surface area contributed by atoms with E-state index in [0.717, 1.165) is 5.56 Å². The van der Waals surface area contributed by atoms with E-state index < -0.39 is 15.8 Å². The standard InChI is InChI=1S/C25H24FN5O3S/c1-19-8-10-20(11-9-19)35(33,34)30-16-14-29(15-17-30)25(32)21-18-27-31(23-7-3-2-6-22(23)26)24(21)28-12-4-5-13-28/h2-13,18H,14-17H2,1H3. The van der Waals surface area contributed by atoms with Gasteiger partial charge in [-0.25, -0.2) is 17.5 Å². The van der Waals surface area contributed by atoms with E-state index in [9.17, 15) is 17.6 Å². The fourth-order valence-electron chi connectivity index (χ4n) is 4.18. The first kappa shape index (κ1) is 23.0. The molecule has 0 radical (unpaired) electrons. The first-order chi connectivity index (χ1) is 16.9. The van der Waals surface area contributed by atoms with Gasteiger partial charge in [0.1, 0.15) is 17.1 Å². The van der Waals surface area contributed by atoms with Gasteiger partial charge in [-0.15, -0.1) is 0 Å². The van der Waals surface area contributed by atoms with Gasteiger partial charge < -0.3 is 9.47 Å². The van der Waals surface area contributed by atoms with E-state index in [1.807, 2.05) is 19.1 Å². The van der Waals surface area contributed by atoms with Gasteiger partial charge in [0.25, 0.3) is 5.91 Å². The SMILES string of the molecule is Cc1ccc(S(=O)(=O)N2CCN(C(=O)c3cnn(-c4ccccc4F)c3-n3cccc3)CC2)cc1. The predicted molar refractivity (Wildman–Crippen MR) is 129 cm³/mol. The fourth-order valence-corrected chi connectivity index (χ4v) is 5.60. The highest BCUT2D eigenvalue weighted by Crippen LogP contribution is 2.24. The maximum atomic E-state index is 14.6. The number of hydrogen-bond donors (Lipinski definition) is 0. The van der Waals surface area contributed by atoms with Crippen molar-refractivity contribution in [1.82, 2.24) is 23.6 Å². The number of aryl methyl sites for hydroxylation is 1. The molecule has 1 aliphatic rings. The van der Waals surface area contributed by atoms with Crippen molar-refractivity contribution in [2.45, 2.75) is 11.8 Å². The zero-order chi connectivity index (χ0) is 24.6.